The van der Waals surface area contributed by atoms with E-state index in [0.717, 1.165) is 17.7 Å². The van der Waals surface area contributed by atoms with E-state index in [-0.39, 0.29) is 11.7 Å². The number of hydrogen-bond donors (Lipinski definition) is 1. The minimum Gasteiger partial charge on any atom is -0.491 e. The second kappa shape index (κ2) is 5.38. The molecule has 4 rings (SSSR count). The molecule has 2 heterocycles. The molecule has 0 amide bonds. The van der Waals surface area contributed by atoms with Gasteiger partial charge in [0.15, 0.2) is 0 Å². The van der Waals surface area contributed by atoms with Gasteiger partial charge < -0.3 is 14.5 Å². The molecule has 1 unspecified atom stereocenters. The zero-order valence-corrected chi connectivity index (χ0v) is 12.4. The summed E-state index contributed by atoms with van der Waals surface area (Å²) in [5.74, 6) is 0.940. The largest absolute Gasteiger partial charge is 0.491 e. The summed E-state index contributed by atoms with van der Waals surface area (Å²) < 4.78 is 12.3. The molecule has 1 saturated carbocycles. The second-order valence-electron chi connectivity index (χ2n) is 6.56. The molecule has 2 aliphatic rings. The molecule has 3 nitrogen and oxygen atoms in total. The predicted molar refractivity (Wildman–Crippen MR) is 83.7 cm³/mol. The lowest BCUT2D eigenvalue weighted by Gasteiger charge is -2.33. The van der Waals surface area contributed by atoms with Crippen molar-refractivity contribution in [2.75, 3.05) is 6.61 Å². The first-order valence-corrected chi connectivity index (χ1v) is 8.21. The van der Waals surface area contributed by atoms with E-state index in [2.05, 4.69) is 23.2 Å². The van der Waals surface area contributed by atoms with E-state index < -0.39 is 0 Å². The van der Waals surface area contributed by atoms with Gasteiger partial charge in [-0.1, -0.05) is 19.3 Å². The van der Waals surface area contributed by atoms with Crippen molar-refractivity contribution in [1.82, 2.24) is 4.98 Å². The standard InChI is InChI=1S/C18H23NO2/c1-2-8-18(9-3-1)10-6-16(21-18)13-20-15-4-5-17-14(12-15)7-11-19-17/h4-5,7,11-12,16,19H,1-3,6,8-10,13H2. The number of fused-ring (bicyclic) bond motifs is 1. The van der Waals surface area contributed by atoms with Crippen LogP contribution in [0.3, 0.4) is 0 Å². The minimum atomic E-state index is 0.191. The summed E-state index contributed by atoms with van der Waals surface area (Å²) in [5.41, 5.74) is 1.34. The second-order valence-corrected chi connectivity index (χ2v) is 6.56. The molecule has 0 bridgehead atoms. The summed E-state index contributed by atoms with van der Waals surface area (Å²) >= 11 is 0. The molecule has 1 aromatic carbocycles. The van der Waals surface area contributed by atoms with Gasteiger partial charge in [-0.15, -0.1) is 0 Å². The maximum atomic E-state index is 6.35. The van der Waals surface area contributed by atoms with Gasteiger partial charge in [-0.25, -0.2) is 0 Å². The van der Waals surface area contributed by atoms with Gasteiger partial charge in [0.1, 0.15) is 12.4 Å². The van der Waals surface area contributed by atoms with Crippen molar-refractivity contribution in [2.24, 2.45) is 0 Å². The number of rotatable bonds is 3. The van der Waals surface area contributed by atoms with Gasteiger partial charge in [-0.05, 0) is 49.9 Å². The summed E-state index contributed by atoms with van der Waals surface area (Å²) in [4.78, 5) is 3.20. The Kier molecular flexibility index (Phi) is 3.38. The molecule has 1 spiro atoms. The third kappa shape index (κ3) is 2.67. The van der Waals surface area contributed by atoms with Gasteiger partial charge >= 0.3 is 0 Å². The van der Waals surface area contributed by atoms with Crippen molar-refractivity contribution < 1.29 is 9.47 Å². The average molecular weight is 285 g/mol. The van der Waals surface area contributed by atoms with Crippen molar-refractivity contribution in [3.8, 4) is 5.75 Å². The number of ether oxygens (including phenoxy) is 2. The van der Waals surface area contributed by atoms with Gasteiger partial charge in [0.2, 0.25) is 0 Å². The first kappa shape index (κ1) is 13.2. The third-order valence-electron chi connectivity index (χ3n) is 5.06. The summed E-state index contributed by atoms with van der Waals surface area (Å²) in [6, 6.07) is 8.27. The molecule has 1 aromatic heterocycles. The monoisotopic (exact) mass is 285 g/mol. The Morgan fingerprint density at radius 3 is 2.95 bits per heavy atom. The van der Waals surface area contributed by atoms with E-state index in [1.54, 1.807) is 0 Å². The average Bonchev–Trinajstić information content (AvgIpc) is 3.13. The SMILES string of the molecule is c1cc2cc(OCC3CCC4(CCCCC4)O3)ccc2[nH]1. The fourth-order valence-electron chi connectivity index (χ4n) is 3.89. The number of aromatic nitrogens is 1. The number of hydrogen-bond acceptors (Lipinski definition) is 2. The Morgan fingerprint density at radius 2 is 2.05 bits per heavy atom. The maximum absolute atomic E-state index is 6.35. The van der Waals surface area contributed by atoms with E-state index in [1.165, 1.54) is 43.9 Å². The van der Waals surface area contributed by atoms with E-state index >= 15 is 0 Å². The Balaban J connectivity index is 1.36. The van der Waals surface area contributed by atoms with Crippen LogP contribution in [0.15, 0.2) is 30.5 Å². The zero-order chi connectivity index (χ0) is 14.1. The van der Waals surface area contributed by atoms with E-state index in [4.69, 9.17) is 9.47 Å². The molecule has 112 valence electrons. The first-order valence-electron chi connectivity index (χ1n) is 8.21. The van der Waals surface area contributed by atoms with Crippen LogP contribution in [0.25, 0.3) is 10.9 Å². The molecule has 1 aliphatic carbocycles. The van der Waals surface area contributed by atoms with Crippen LogP contribution in [0.4, 0.5) is 0 Å². The summed E-state index contributed by atoms with van der Waals surface area (Å²) in [6.07, 6.45) is 11.1. The molecular formula is C18H23NO2. The normalized spacial score (nSPS) is 24.7. The Labute approximate surface area is 125 Å². The summed E-state index contributed by atoms with van der Waals surface area (Å²) in [7, 11) is 0. The van der Waals surface area contributed by atoms with Gasteiger partial charge in [0.25, 0.3) is 0 Å². The Hall–Kier alpha value is -1.48. The highest BCUT2D eigenvalue weighted by Gasteiger charge is 2.40. The van der Waals surface area contributed by atoms with Crippen LogP contribution in [0.2, 0.25) is 0 Å². The minimum absolute atomic E-state index is 0.191. The number of benzene rings is 1. The van der Waals surface area contributed by atoms with Crippen LogP contribution in [0.5, 0.6) is 5.75 Å². The van der Waals surface area contributed by atoms with Gasteiger partial charge in [0, 0.05) is 17.1 Å². The lowest BCUT2D eigenvalue weighted by molar-refractivity contribution is -0.0748. The molecule has 2 fully saturated rings. The number of nitrogens with one attached hydrogen (secondary N) is 1. The predicted octanol–water partition coefficient (Wildman–Crippen LogP) is 4.43. The van der Waals surface area contributed by atoms with Crippen molar-refractivity contribution in [2.45, 2.75) is 56.7 Å². The Morgan fingerprint density at radius 1 is 1.14 bits per heavy atom. The molecule has 1 saturated heterocycles. The van der Waals surface area contributed by atoms with Crippen molar-refractivity contribution in [3.05, 3.63) is 30.5 Å². The number of aromatic amines is 1. The van der Waals surface area contributed by atoms with Crippen LogP contribution in [-0.4, -0.2) is 23.3 Å². The smallest absolute Gasteiger partial charge is 0.120 e. The molecule has 1 N–H and O–H groups in total. The lowest BCUT2D eigenvalue weighted by atomic mass is 9.83. The molecule has 1 aliphatic heterocycles. The summed E-state index contributed by atoms with van der Waals surface area (Å²) in [6.45, 7) is 0.678. The first-order chi connectivity index (χ1) is 10.3. The molecule has 3 heteroatoms. The molecule has 2 aromatic rings. The Bertz CT molecular complexity index is 612. The zero-order valence-electron chi connectivity index (χ0n) is 12.4. The maximum Gasteiger partial charge on any atom is 0.120 e. The molecular weight excluding hydrogens is 262 g/mol. The van der Waals surface area contributed by atoms with Crippen molar-refractivity contribution in [1.29, 1.82) is 0 Å². The van der Waals surface area contributed by atoms with Crippen molar-refractivity contribution >= 4 is 10.9 Å². The highest BCUT2D eigenvalue weighted by Crippen LogP contribution is 2.41. The van der Waals surface area contributed by atoms with Gasteiger partial charge in [-0.2, -0.15) is 0 Å². The molecule has 0 radical (unpaired) electrons. The van der Waals surface area contributed by atoms with Crippen LogP contribution in [0.1, 0.15) is 44.9 Å². The highest BCUT2D eigenvalue weighted by molar-refractivity contribution is 5.80. The van der Waals surface area contributed by atoms with Crippen LogP contribution in [0, 0.1) is 0 Å². The number of H-pyrrole nitrogens is 1. The van der Waals surface area contributed by atoms with E-state index in [9.17, 15) is 0 Å². The van der Waals surface area contributed by atoms with Gasteiger partial charge in [-0.3, -0.25) is 0 Å². The third-order valence-corrected chi connectivity index (χ3v) is 5.06. The fraction of sp³-hybridized carbons (Fsp3) is 0.556. The molecule has 1 atom stereocenters. The van der Waals surface area contributed by atoms with Crippen LogP contribution < -0.4 is 4.74 Å². The molecule has 21 heavy (non-hydrogen) atoms. The van der Waals surface area contributed by atoms with Crippen LogP contribution in [-0.2, 0) is 4.74 Å². The van der Waals surface area contributed by atoms with Gasteiger partial charge in [0.05, 0.1) is 11.7 Å². The lowest BCUT2D eigenvalue weighted by Crippen LogP contribution is -2.32. The van der Waals surface area contributed by atoms with Crippen molar-refractivity contribution in [3.63, 3.8) is 0 Å². The quantitative estimate of drug-likeness (QED) is 0.905. The summed E-state index contributed by atoms with van der Waals surface area (Å²) in [5, 5.41) is 1.20. The fourth-order valence-corrected chi connectivity index (χ4v) is 3.89. The van der Waals surface area contributed by atoms with E-state index in [1.807, 2.05) is 12.3 Å². The van der Waals surface area contributed by atoms with Crippen LogP contribution >= 0.6 is 0 Å². The topological polar surface area (TPSA) is 34.2 Å². The van der Waals surface area contributed by atoms with E-state index in [0.29, 0.717) is 6.61 Å². The highest BCUT2D eigenvalue weighted by atomic mass is 16.6.